The first-order valence-corrected chi connectivity index (χ1v) is 5.16. The minimum absolute atomic E-state index is 0.0112. The molecule has 0 atom stereocenters. The van der Waals surface area contributed by atoms with Gasteiger partial charge in [0.05, 0.1) is 11.3 Å². The Kier molecular flexibility index (Phi) is 4.20. The highest BCUT2D eigenvalue weighted by molar-refractivity contribution is 6.10. The molecule has 1 aromatic carbocycles. The highest BCUT2D eigenvalue weighted by Gasteiger charge is 2.14. The third kappa shape index (κ3) is 3.03. The van der Waals surface area contributed by atoms with Gasteiger partial charge in [-0.3, -0.25) is 4.99 Å². The maximum absolute atomic E-state index is 13.7. The molecule has 0 unspecified atom stereocenters. The normalized spacial score (nSPS) is 12.6. The van der Waals surface area contributed by atoms with Crippen molar-refractivity contribution in [1.29, 1.82) is 0 Å². The molecule has 0 fully saturated rings. The van der Waals surface area contributed by atoms with Crippen LogP contribution in [0.2, 0.25) is 0 Å². The quantitative estimate of drug-likeness (QED) is 0.628. The number of allylic oxidation sites excluding steroid dienone is 1. The summed E-state index contributed by atoms with van der Waals surface area (Å²) in [6, 6.07) is 2.28. The summed E-state index contributed by atoms with van der Waals surface area (Å²) in [6.07, 6.45) is 2.44. The summed E-state index contributed by atoms with van der Waals surface area (Å²) in [7, 11) is 0. The van der Waals surface area contributed by atoms with E-state index in [-0.39, 0.29) is 22.9 Å². The molecule has 0 saturated carbocycles. The van der Waals surface area contributed by atoms with Gasteiger partial charge in [-0.05, 0) is 26.0 Å². The van der Waals surface area contributed by atoms with Gasteiger partial charge < -0.3 is 11.5 Å². The third-order valence-corrected chi connectivity index (χ3v) is 2.10. The van der Waals surface area contributed by atoms with Crippen molar-refractivity contribution in [2.45, 2.75) is 19.9 Å². The standard InChI is InChI=1S/C12H15F2N3/c1-7(2)17-6-8(5-15)11-9(13)3-4-10(16)12(11)14/h3-7H,15-16H2,1-2H3/b8-5+,17-6?. The van der Waals surface area contributed by atoms with Crippen LogP contribution in [0.3, 0.4) is 0 Å². The van der Waals surface area contributed by atoms with Crippen molar-refractivity contribution in [3.05, 3.63) is 35.5 Å². The van der Waals surface area contributed by atoms with Crippen LogP contribution in [0.5, 0.6) is 0 Å². The van der Waals surface area contributed by atoms with Gasteiger partial charge in [-0.1, -0.05) is 0 Å². The molecule has 0 aliphatic heterocycles. The maximum atomic E-state index is 13.7. The molecule has 17 heavy (non-hydrogen) atoms. The number of anilines is 1. The highest BCUT2D eigenvalue weighted by Crippen LogP contribution is 2.24. The summed E-state index contributed by atoms with van der Waals surface area (Å²) in [6.45, 7) is 3.69. The van der Waals surface area contributed by atoms with Crippen molar-refractivity contribution in [2.75, 3.05) is 5.73 Å². The lowest BCUT2D eigenvalue weighted by Crippen LogP contribution is -2.03. The Morgan fingerprint density at radius 3 is 2.53 bits per heavy atom. The fraction of sp³-hybridized carbons (Fsp3) is 0.250. The molecule has 0 radical (unpaired) electrons. The van der Waals surface area contributed by atoms with Gasteiger partial charge in [-0.25, -0.2) is 8.78 Å². The summed E-state index contributed by atoms with van der Waals surface area (Å²) in [4.78, 5) is 4.04. The summed E-state index contributed by atoms with van der Waals surface area (Å²) in [5.41, 5.74) is 10.5. The van der Waals surface area contributed by atoms with E-state index in [2.05, 4.69) is 4.99 Å². The molecule has 0 heterocycles. The lowest BCUT2D eigenvalue weighted by molar-refractivity contribution is 0.581. The number of hydrogen-bond donors (Lipinski definition) is 2. The van der Waals surface area contributed by atoms with Crippen molar-refractivity contribution in [1.82, 2.24) is 0 Å². The average molecular weight is 239 g/mol. The van der Waals surface area contributed by atoms with E-state index in [1.165, 1.54) is 12.3 Å². The second kappa shape index (κ2) is 5.43. The fourth-order valence-corrected chi connectivity index (χ4v) is 1.25. The number of nitrogens with two attached hydrogens (primary N) is 2. The van der Waals surface area contributed by atoms with Crippen LogP contribution in [0.15, 0.2) is 23.3 Å². The molecule has 4 N–H and O–H groups in total. The van der Waals surface area contributed by atoms with Gasteiger partial charge in [0.2, 0.25) is 0 Å². The van der Waals surface area contributed by atoms with E-state index in [0.717, 1.165) is 12.3 Å². The third-order valence-electron chi connectivity index (χ3n) is 2.10. The van der Waals surface area contributed by atoms with E-state index in [4.69, 9.17) is 11.5 Å². The molecular formula is C12H15F2N3. The largest absolute Gasteiger partial charge is 0.404 e. The van der Waals surface area contributed by atoms with Gasteiger partial charge in [0.15, 0.2) is 5.82 Å². The zero-order chi connectivity index (χ0) is 13.0. The molecule has 92 valence electrons. The molecule has 0 aliphatic rings. The minimum atomic E-state index is -0.822. The van der Waals surface area contributed by atoms with Gasteiger partial charge in [0, 0.05) is 24.0 Å². The van der Waals surface area contributed by atoms with Crippen molar-refractivity contribution in [3.8, 4) is 0 Å². The first-order chi connectivity index (χ1) is 7.97. The van der Waals surface area contributed by atoms with Crippen molar-refractivity contribution < 1.29 is 8.78 Å². The topological polar surface area (TPSA) is 64.4 Å². The molecule has 0 amide bonds. The van der Waals surface area contributed by atoms with Crippen LogP contribution in [-0.4, -0.2) is 12.3 Å². The van der Waals surface area contributed by atoms with E-state index >= 15 is 0 Å². The van der Waals surface area contributed by atoms with Gasteiger partial charge in [0.1, 0.15) is 5.82 Å². The van der Waals surface area contributed by atoms with Crippen LogP contribution in [-0.2, 0) is 0 Å². The van der Waals surface area contributed by atoms with Crippen molar-refractivity contribution in [3.63, 3.8) is 0 Å². The molecule has 5 heteroatoms. The summed E-state index contributed by atoms with van der Waals surface area (Å²) < 4.78 is 27.2. The molecule has 1 aromatic rings. The summed E-state index contributed by atoms with van der Waals surface area (Å²) in [5, 5.41) is 0. The first-order valence-electron chi connectivity index (χ1n) is 5.16. The Balaban J connectivity index is 3.27. The number of halogens is 2. The van der Waals surface area contributed by atoms with Crippen LogP contribution < -0.4 is 11.5 Å². The van der Waals surface area contributed by atoms with Crippen LogP contribution in [0, 0.1) is 11.6 Å². The molecule has 3 nitrogen and oxygen atoms in total. The van der Waals surface area contributed by atoms with Crippen LogP contribution in [0.1, 0.15) is 19.4 Å². The average Bonchev–Trinajstić information content (AvgIpc) is 2.28. The van der Waals surface area contributed by atoms with E-state index in [0.29, 0.717) is 0 Å². The Morgan fingerprint density at radius 2 is 2.00 bits per heavy atom. The van der Waals surface area contributed by atoms with Crippen LogP contribution in [0.4, 0.5) is 14.5 Å². The molecule has 0 saturated heterocycles. The summed E-state index contributed by atoms with van der Waals surface area (Å²) in [5.74, 6) is -1.54. The maximum Gasteiger partial charge on any atom is 0.156 e. The minimum Gasteiger partial charge on any atom is -0.404 e. The molecule has 0 aliphatic carbocycles. The number of nitrogen functional groups attached to an aromatic ring is 1. The SMILES string of the molecule is CC(C)N=C/C(=C\N)c1c(F)ccc(N)c1F. The summed E-state index contributed by atoms with van der Waals surface area (Å²) >= 11 is 0. The molecule has 0 spiro atoms. The number of hydrogen-bond acceptors (Lipinski definition) is 3. The van der Waals surface area contributed by atoms with Gasteiger partial charge in [-0.2, -0.15) is 0 Å². The first kappa shape index (κ1) is 13.2. The Hall–Kier alpha value is -1.91. The molecule has 0 aromatic heterocycles. The van der Waals surface area contributed by atoms with Gasteiger partial charge in [0.25, 0.3) is 0 Å². The van der Waals surface area contributed by atoms with Gasteiger partial charge >= 0.3 is 0 Å². The van der Waals surface area contributed by atoms with Crippen LogP contribution in [0.25, 0.3) is 5.57 Å². The van der Waals surface area contributed by atoms with Crippen molar-refractivity contribution >= 4 is 17.5 Å². The molecule has 0 bridgehead atoms. The zero-order valence-electron chi connectivity index (χ0n) is 9.74. The van der Waals surface area contributed by atoms with E-state index < -0.39 is 11.6 Å². The van der Waals surface area contributed by atoms with Crippen molar-refractivity contribution in [2.24, 2.45) is 10.7 Å². The smallest absolute Gasteiger partial charge is 0.156 e. The predicted octanol–water partition coefficient (Wildman–Crippen LogP) is 2.33. The fourth-order valence-electron chi connectivity index (χ4n) is 1.25. The Bertz CT molecular complexity index is 465. The van der Waals surface area contributed by atoms with E-state index in [1.54, 1.807) is 0 Å². The molecular weight excluding hydrogens is 224 g/mol. The predicted molar refractivity (Wildman–Crippen MR) is 66.6 cm³/mol. The zero-order valence-corrected chi connectivity index (χ0v) is 9.74. The second-order valence-corrected chi connectivity index (χ2v) is 3.82. The monoisotopic (exact) mass is 239 g/mol. The number of aliphatic imine (C=N–C) groups is 1. The Labute approximate surface area is 98.8 Å². The Morgan fingerprint density at radius 1 is 1.35 bits per heavy atom. The number of benzene rings is 1. The number of rotatable bonds is 3. The molecule has 1 rings (SSSR count). The lowest BCUT2D eigenvalue weighted by Gasteiger charge is -2.07. The second-order valence-electron chi connectivity index (χ2n) is 3.82. The van der Waals surface area contributed by atoms with E-state index in [1.807, 2.05) is 13.8 Å². The lowest BCUT2D eigenvalue weighted by atomic mass is 10.1. The number of nitrogens with zero attached hydrogens (tertiary/aromatic N) is 1. The highest BCUT2D eigenvalue weighted by atomic mass is 19.1. The van der Waals surface area contributed by atoms with Crippen LogP contribution >= 0.6 is 0 Å². The van der Waals surface area contributed by atoms with E-state index in [9.17, 15) is 8.78 Å². The van der Waals surface area contributed by atoms with Gasteiger partial charge in [-0.15, -0.1) is 0 Å².